The largest absolute Gasteiger partial charge is 0.378 e. The molecule has 0 unspecified atom stereocenters. The molecule has 0 bridgehead atoms. The number of hydrogen-bond donors (Lipinski definition) is 3. The highest BCUT2D eigenvalue weighted by atomic mass is 16.5. The normalized spacial score (nSPS) is 15.2. The number of morpholine rings is 1. The highest BCUT2D eigenvalue weighted by molar-refractivity contribution is 5.98. The fraction of sp³-hybridized carbons (Fsp3) is 0.394. The van der Waals surface area contributed by atoms with Crippen molar-refractivity contribution in [1.29, 1.82) is 0 Å². The van der Waals surface area contributed by atoms with Crippen molar-refractivity contribution >= 4 is 34.8 Å². The van der Waals surface area contributed by atoms with Crippen LogP contribution in [0.2, 0.25) is 0 Å². The number of rotatable bonds is 6. The molecule has 5 rings (SSSR count). The van der Waals surface area contributed by atoms with Gasteiger partial charge < -0.3 is 31.3 Å². The number of benzene rings is 2. The van der Waals surface area contributed by atoms with Gasteiger partial charge in [-0.1, -0.05) is 32.9 Å². The Balaban J connectivity index is 0.000000273. The van der Waals surface area contributed by atoms with Crippen LogP contribution >= 0.6 is 0 Å². The van der Waals surface area contributed by atoms with Crippen molar-refractivity contribution in [3.63, 3.8) is 0 Å². The minimum Gasteiger partial charge on any atom is -0.378 e. The van der Waals surface area contributed by atoms with Gasteiger partial charge in [-0.15, -0.1) is 0 Å². The summed E-state index contributed by atoms with van der Waals surface area (Å²) in [6, 6.07) is 16.6. The first-order valence-electron chi connectivity index (χ1n) is 14.7. The summed E-state index contributed by atoms with van der Waals surface area (Å²) in [7, 11) is 0. The monoisotopic (exact) mass is 586 g/mol. The third-order valence-corrected chi connectivity index (χ3v) is 7.57. The molecule has 0 radical (unpaired) electrons. The number of carbonyl (C=O) groups excluding carboxylic acids is 3. The second-order valence-electron chi connectivity index (χ2n) is 11.8. The summed E-state index contributed by atoms with van der Waals surface area (Å²) >= 11 is 0. The highest BCUT2D eigenvalue weighted by Crippen LogP contribution is 2.27. The zero-order valence-corrected chi connectivity index (χ0v) is 25.3. The number of primary amides is 2. The Kier molecular flexibility index (Phi) is 10.4. The minimum absolute atomic E-state index is 0.00330. The molecule has 10 heteroatoms. The molecule has 1 aromatic heterocycles. The lowest BCUT2D eigenvalue weighted by Gasteiger charge is -2.29. The first-order valence-corrected chi connectivity index (χ1v) is 14.7. The molecular formula is C33H42N6O4. The first kappa shape index (κ1) is 31.5. The maximum Gasteiger partial charge on any atom is 0.269 e. The fourth-order valence-corrected chi connectivity index (χ4v) is 5.01. The lowest BCUT2D eigenvalue weighted by molar-refractivity contribution is 0.0303. The summed E-state index contributed by atoms with van der Waals surface area (Å²) in [4.78, 5) is 43.6. The number of amides is 3. The molecule has 0 atom stereocenters. The Morgan fingerprint density at radius 1 is 0.814 bits per heavy atom. The maximum absolute atomic E-state index is 12.6. The summed E-state index contributed by atoms with van der Waals surface area (Å²) in [5, 5.41) is 3.24. The molecule has 0 saturated carbocycles. The number of nitrogens with one attached hydrogen (secondary N) is 1. The van der Waals surface area contributed by atoms with E-state index in [1.54, 1.807) is 35.4 Å². The minimum atomic E-state index is -0.582. The predicted octanol–water partition coefficient (Wildman–Crippen LogP) is 4.47. The lowest BCUT2D eigenvalue weighted by Crippen LogP contribution is -2.40. The summed E-state index contributed by atoms with van der Waals surface area (Å²) in [6.45, 7) is 10.7. The van der Waals surface area contributed by atoms with E-state index in [2.05, 4.69) is 36.0 Å². The van der Waals surface area contributed by atoms with Gasteiger partial charge in [0.15, 0.2) is 5.69 Å². The van der Waals surface area contributed by atoms with Crippen LogP contribution < -0.4 is 21.7 Å². The Labute approximate surface area is 253 Å². The van der Waals surface area contributed by atoms with Gasteiger partial charge in [0, 0.05) is 43.0 Å². The smallest absolute Gasteiger partial charge is 0.269 e. The van der Waals surface area contributed by atoms with Gasteiger partial charge >= 0.3 is 0 Å². The predicted molar refractivity (Wildman–Crippen MR) is 169 cm³/mol. The van der Waals surface area contributed by atoms with Gasteiger partial charge in [-0.3, -0.25) is 14.4 Å². The molecule has 228 valence electrons. The van der Waals surface area contributed by atoms with Crippen LogP contribution in [-0.2, 0) is 10.2 Å². The van der Waals surface area contributed by atoms with Gasteiger partial charge in [0.1, 0.15) is 0 Å². The Hall–Kier alpha value is -4.44. The molecular weight excluding hydrogens is 544 g/mol. The zero-order chi connectivity index (χ0) is 31.0. The van der Waals surface area contributed by atoms with E-state index in [0.717, 1.165) is 37.3 Å². The van der Waals surface area contributed by atoms with E-state index in [4.69, 9.17) is 16.2 Å². The number of carbonyl (C=O) groups is 3. The van der Waals surface area contributed by atoms with Crippen LogP contribution in [0, 0.1) is 0 Å². The number of nitrogens with zero attached hydrogens (tertiary/aromatic N) is 3. The molecule has 2 fully saturated rings. The Bertz CT molecular complexity index is 1400. The molecule has 3 aromatic rings. The lowest BCUT2D eigenvalue weighted by atomic mass is 9.87. The van der Waals surface area contributed by atoms with Crippen LogP contribution in [0.25, 0.3) is 0 Å². The van der Waals surface area contributed by atoms with Gasteiger partial charge in [-0.2, -0.15) is 0 Å². The molecule has 43 heavy (non-hydrogen) atoms. The number of pyridine rings is 1. The molecule has 2 saturated heterocycles. The van der Waals surface area contributed by atoms with Gasteiger partial charge in [-0.05, 0) is 72.7 Å². The van der Waals surface area contributed by atoms with Crippen molar-refractivity contribution in [1.82, 2.24) is 9.88 Å². The van der Waals surface area contributed by atoms with Crippen LogP contribution in [0.4, 0.5) is 17.1 Å². The average molecular weight is 587 g/mol. The molecule has 5 N–H and O–H groups in total. The number of nitrogens with two attached hydrogens (primary N) is 2. The third-order valence-electron chi connectivity index (χ3n) is 7.57. The molecule has 2 aliphatic heterocycles. The van der Waals surface area contributed by atoms with Crippen molar-refractivity contribution in [2.24, 2.45) is 11.5 Å². The Morgan fingerprint density at radius 2 is 1.42 bits per heavy atom. The molecule has 0 aliphatic carbocycles. The third kappa shape index (κ3) is 8.54. The number of hydrogen-bond acceptors (Lipinski definition) is 7. The quantitative estimate of drug-likeness (QED) is 0.387. The van der Waals surface area contributed by atoms with Gasteiger partial charge in [0.2, 0.25) is 5.91 Å². The van der Waals surface area contributed by atoms with E-state index >= 15 is 0 Å². The second kappa shape index (κ2) is 14.2. The first-order chi connectivity index (χ1) is 20.5. The molecule has 2 aromatic carbocycles. The van der Waals surface area contributed by atoms with Crippen LogP contribution in [0.5, 0.6) is 0 Å². The molecule has 2 aliphatic rings. The zero-order valence-electron chi connectivity index (χ0n) is 25.3. The number of piperidine rings is 1. The molecule has 3 amide bonds. The molecule has 3 heterocycles. The van der Waals surface area contributed by atoms with Crippen molar-refractivity contribution in [3.05, 3.63) is 83.2 Å². The van der Waals surface area contributed by atoms with E-state index in [9.17, 15) is 14.4 Å². The summed E-state index contributed by atoms with van der Waals surface area (Å²) < 4.78 is 5.30. The Morgan fingerprint density at radius 3 is 1.98 bits per heavy atom. The second-order valence-corrected chi connectivity index (χ2v) is 11.8. The van der Waals surface area contributed by atoms with Crippen molar-refractivity contribution < 1.29 is 19.1 Å². The maximum atomic E-state index is 12.6. The summed E-state index contributed by atoms with van der Waals surface area (Å²) in [6.07, 6.45) is 5.25. The number of anilines is 3. The van der Waals surface area contributed by atoms with Crippen LogP contribution in [0.1, 0.15) is 76.8 Å². The average Bonchev–Trinajstić information content (AvgIpc) is 3.02. The van der Waals surface area contributed by atoms with E-state index in [1.165, 1.54) is 12.0 Å². The SMILES string of the molecule is CC(C)(C)c1ccc(C(N)=O)cc1.NC(=O)c1ncc(N2CCCCC2)cc1Nc1ccc(C(=O)N2CCOCC2)cc1. The van der Waals surface area contributed by atoms with E-state index in [0.29, 0.717) is 43.1 Å². The fourth-order valence-electron chi connectivity index (χ4n) is 5.01. The topological polar surface area (TPSA) is 144 Å². The summed E-state index contributed by atoms with van der Waals surface area (Å²) in [5.41, 5.74) is 15.7. The van der Waals surface area contributed by atoms with Crippen LogP contribution in [0.3, 0.4) is 0 Å². The highest BCUT2D eigenvalue weighted by Gasteiger charge is 2.19. The summed E-state index contributed by atoms with van der Waals surface area (Å²) in [5.74, 6) is -0.960. The number of aromatic nitrogens is 1. The van der Waals surface area contributed by atoms with Crippen molar-refractivity contribution in [3.8, 4) is 0 Å². The molecule has 0 spiro atoms. The number of ether oxygens (including phenoxy) is 1. The van der Waals surface area contributed by atoms with Crippen molar-refractivity contribution in [2.45, 2.75) is 45.4 Å². The van der Waals surface area contributed by atoms with Gasteiger partial charge in [-0.25, -0.2) is 4.98 Å². The van der Waals surface area contributed by atoms with E-state index < -0.39 is 5.91 Å². The van der Waals surface area contributed by atoms with Gasteiger partial charge in [0.05, 0.1) is 30.8 Å². The van der Waals surface area contributed by atoms with E-state index in [-0.39, 0.29) is 22.9 Å². The van der Waals surface area contributed by atoms with Crippen LogP contribution in [-0.4, -0.2) is 67.0 Å². The molecule has 10 nitrogen and oxygen atoms in total. The van der Waals surface area contributed by atoms with Gasteiger partial charge in [0.25, 0.3) is 11.8 Å². The van der Waals surface area contributed by atoms with Crippen LogP contribution in [0.15, 0.2) is 60.8 Å². The standard InChI is InChI=1S/C22H27N5O3.C11H15NO/c23-21(28)20-19(14-18(15-24-20)26-8-2-1-3-9-26)25-17-6-4-16(5-7-17)22(29)27-10-12-30-13-11-27;1-11(2,3)9-6-4-8(5-7-9)10(12)13/h4-7,14-15,25H,1-3,8-13H2,(H2,23,28);4-7H,1-3H3,(H2,12,13). The van der Waals surface area contributed by atoms with Crippen molar-refractivity contribution in [2.75, 3.05) is 49.6 Å². The van der Waals surface area contributed by atoms with E-state index in [1.807, 2.05) is 30.3 Å².